The molecular formula is C17H20N2O3. The van der Waals surface area contributed by atoms with Crippen LogP contribution in [0.3, 0.4) is 0 Å². The second-order valence-electron chi connectivity index (χ2n) is 6.01. The number of likely N-dealkylation sites (tertiary alicyclic amines) is 1. The highest BCUT2D eigenvalue weighted by Gasteiger charge is 2.32. The van der Waals surface area contributed by atoms with Gasteiger partial charge >= 0.3 is 5.97 Å². The fourth-order valence-corrected chi connectivity index (χ4v) is 3.30. The van der Waals surface area contributed by atoms with E-state index in [4.69, 9.17) is 0 Å². The minimum atomic E-state index is -0.746. The molecule has 2 atom stereocenters. The Kier molecular flexibility index (Phi) is 3.98. The molecule has 0 aliphatic carbocycles. The van der Waals surface area contributed by atoms with Gasteiger partial charge in [0.05, 0.1) is 5.92 Å². The number of nitrogens with zero attached hydrogens (tertiary/aromatic N) is 1. The Morgan fingerprint density at radius 3 is 2.95 bits per heavy atom. The second kappa shape index (κ2) is 5.93. The molecule has 1 aromatic heterocycles. The number of rotatable bonds is 3. The van der Waals surface area contributed by atoms with Gasteiger partial charge in [-0.1, -0.05) is 18.2 Å². The van der Waals surface area contributed by atoms with Gasteiger partial charge in [0, 0.05) is 23.7 Å². The van der Waals surface area contributed by atoms with E-state index in [2.05, 4.69) is 9.88 Å². The highest BCUT2D eigenvalue weighted by Crippen LogP contribution is 2.25. The molecule has 0 spiro atoms. The van der Waals surface area contributed by atoms with Crippen molar-refractivity contribution >= 4 is 16.9 Å². The van der Waals surface area contributed by atoms with Gasteiger partial charge in [-0.2, -0.15) is 0 Å². The van der Waals surface area contributed by atoms with Crippen LogP contribution in [0.1, 0.15) is 25.3 Å². The van der Waals surface area contributed by atoms with Gasteiger partial charge in [-0.3, -0.25) is 14.5 Å². The second-order valence-corrected chi connectivity index (χ2v) is 6.01. The normalized spacial score (nSPS) is 22.8. The fraction of sp³-hybridized carbons (Fsp3) is 0.412. The first-order chi connectivity index (χ1) is 10.6. The summed E-state index contributed by atoms with van der Waals surface area (Å²) in [4.78, 5) is 28.5. The first kappa shape index (κ1) is 14.8. The van der Waals surface area contributed by atoms with Crippen molar-refractivity contribution in [3.63, 3.8) is 0 Å². The third-order valence-corrected chi connectivity index (χ3v) is 4.64. The van der Waals surface area contributed by atoms with E-state index in [0.717, 1.165) is 23.9 Å². The number of benzene rings is 1. The number of aliphatic carboxylic acids is 1. The maximum absolute atomic E-state index is 12.2. The van der Waals surface area contributed by atoms with Crippen molar-refractivity contribution in [3.05, 3.63) is 46.2 Å². The van der Waals surface area contributed by atoms with Crippen molar-refractivity contribution in [2.45, 2.75) is 32.4 Å². The van der Waals surface area contributed by atoms with E-state index in [1.54, 1.807) is 0 Å². The SMILES string of the molecule is C[C@@H]1[C@H](C(=O)O)CCCN1Cc1cc2ccccc2[nH]c1=O. The third-order valence-electron chi connectivity index (χ3n) is 4.64. The molecule has 1 aliphatic rings. The van der Waals surface area contributed by atoms with Gasteiger partial charge in [-0.05, 0) is 43.8 Å². The van der Waals surface area contributed by atoms with Crippen molar-refractivity contribution in [2.75, 3.05) is 6.54 Å². The van der Waals surface area contributed by atoms with Crippen LogP contribution in [0.4, 0.5) is 0 Å². The minimum absolute atomic E-state index is 0.0582. The number of hydrogen-bond donors (Lipinski definition) is 2. The maximum atomic E-state index is 12.2. The maximum Gasteiger partial charge on any atom is 0.308 e. The van der Waals surface area contributed by atoms with Gasteiger partial charge in [0.1, 0.15) is 0 Å². The summed E-state index contributed by atoms with van der Waals surface area (Å²) in [5.74, 6) is -1.10. The lowest BCUT2D eigenvalue weighted by Crippen LogP contribution is -2.46. The van der Waals surface area contributed by atoms with Crippen molar-refractivity contribution < 1.29 is 9.90 Å². The monoisotopic (exact) mass is 300 g/mol. The molecular weight excluding hydrogens is 280 g/mol. The molecule has 3 rings (SSSR count). The molecule has 0 amide bonds. The van der Waals surface area contributed by atoms with Crippen LogP contribution in [0, 0.1) is 5.92 Å². The highest BCUT2D eigenvalue weighted by molar-refractivity contribution is 5.78. The van der Waals surface area contributed by atoms with Crippen LogP contribution in [0.5, 0.6) is 0 Å². The van der Waals surface area contributed by atoms with Crippen molar-refractivity contribution in [3.8, 4) is 0 Å². The molecule has 0 radical (unpaired) electrons. The summed E-state index contributed by atoms with van der Waals surface area (Å²) in [6, 6.07) is 9.53. The van der Waals surface area contributed by atoms with Crippen LogP contribution in [0.25, 0.3) is 10.9 Å². The van der Waals surface area contributed by atoms with Gasteiger partial charge in [0.2, 0.25) is 0 Å². The molecule has 2 N–H and O–H groups in total. The number of pyridine rings is 1. The van der Waals surface area contributed by atoms with Crippen LogP contribution >= 0.6 is 0 Å². The Morgan fingerprint density at radius 2 is 2.18 bits per heavy atom. The van der Waals surface area contributed by atoms with Crippen LogP contribution in [-0.4, -0.2) is 33.5 Å². The summed E-state index contributed by atoms with van der Waals surface area (Å²) in [5, 5.41) is 10.3. The first-order valence-corrected chi connectivity index (χ1v) is 7.64. The van der Waals surface area contributed by atoms with Crippen LogP contribution in [-0.2, 0) is 11.3 Å². The predicted octanol–water partition coefficient (Wildman–Crippen LogP) is 2.21. The van der Waals surface area contributed by atoms with Gasteiger partial charge in [-0.15, -0.1) is 0 Å². The Hall–Kier alpha value is -2.14. The van der Waals surface area contributed by atoms with Crippen molar-refractivity contribution in [1.29, 1.82) is 0 Å². The summed E-state index contributed by atoms with van der Waals surface area (Å²) in [6.07, 6.45) is 1.56. The molecule has 1 fully saturated rings. The molecule has 2 aromatic rings. The lowest BCUT2D eigenvalue weighted by molar-refractivity contribution is -0.145. The largest absolute Gasteiger partial charge is 0.481 e. The summed E-state index contributed by atoms with van der Waals surface area (Å²) < 4.78 is 0. The van der Waals surface area contributed by atoms with E-state index in [1.807, 2.05) is 37.3 Å². The molecule has 0 unspecified atom stereocenters. The lowest BCUT2D eigenvalue weighted by Gasteiger charge is -2.37. The molecule has 116 valence electrons. The lowest BCUT2D eigenvalue weighted by atomic mass is 9.90. The summed E-state index contributed by atoms with van der Waals surface area (Å²) in [7, 11) is 0. The van der Waals surface area contributed by atoms with Gasteiger partial charge in [0.25, 0.3) is 5.56 Å². The van der Waals surface area contributed by atoms with Crippen molar-refractivity contribution in [2.24, 2.45) is 5.92 Å². The number of aromatic nitrogens is 1. The van der Waals surface area contributed by atoms with Crippen LogP contribution in [0.15, 0.2) is 35.1 Å². The number of fused-ring (bicyclic) bond motifs is 1. The Bertz CT molecular complexity index is 753. The van der Waals surface area contributed by atoms with Gasteiger partial charge in [0.15, 0.2) is 0 Å². The van der Waals surface area contributed by atoms with Crippen molar-refractivity contribution in [1.82, 2.24) is 9.88 Å². The average Bonchev–Trinajstić information content (AvgIpc) is 2.49. The summed E-state index contributed by atoms with van der Waals surface area (Å²) >= 11 is 0. The van der Waals surface area contributed by atoms with Gasteiger partial charge < -0.3 is 10.1 Å². The summed E-state index contributed by atoms with van der Waals surface area (Å²) in [5.41, 5.74) is 1.42. The zero-order valence-corrected chi connectivity index (χ0v) is 12.6. The van der Waals surface area contributed by atoms with E-state index < -0.39 is 5.97 Å². The minimum Gasteiger partial charge on any atom is -0.481 e. The molecule has 5 heteroatoms. The third kappa shape index (κ3) is 2.76. The number of carboxylic acids is 1. The number of piperidine rings is 1. The quantitative estimate of drug-likeness (QED) is 0.911. The highest BCUT2D eigenvalue weighted by atomic mass is 16.4. The molecule has 1 aromatic carbocycles. The van der Waals surface area contributed by atoms with E-state index in [1.165, 1.54) is 0 Å². The van der Waals surface area contributed by atoms with E-state index in [9.17, 15) is 14.7 Å². The number of para-hydroxylation sites is 1. The Morgan fingerprint density at radius 1 is 1.41 bits per heavy atom. The van der Waals surface area contributed by atoms with Gasteiger partial charge in [-0.25, -0.2) is 0 Å². The Labute approximate surface area is 128 Å². The van der Waals surface area contributed by atoms with Crippen LogP contribution < -0.4 is 5.56 Å². The Balaban J connectivity index is 1.87. The number of aromatic amines is 1. The molecule has 2 heterocycles. The predicted molar refractivity (Wildman–Crippen MR) is 84.8 cm³/mol. The number of carbonyl (C=O) groups is 1. The standard InChI is InChI=1S/C17H20N2O3/c1-11-14(17(21)22)6-4-8-19(11)10-13-9-12-5-2-3-7-15(12)18-16(13)20/h2-3,5,7,9,11,14H,4,6,8,10H2,1H3,(H,18,20)(H,21,22)/t11-,14-/m1/s1. The first-order valence-electron chi connectivity index (χ1n) is 7.64. The molecule has 1 saturated heterocycles. The van der Waals surface area contributed by atoms with E-state index in [-0.39, 0.29) is 17.5 Å². The topological polar surface area (TPSA) is 73.4 Å². The molecule has 0 bridgehead atoms. The molecule has 0 saturated carbocycles. The molecule has 22 heavy (non-hydrogen) atoms. The molecule has 1 aliphatic heterocycles. The fourth-order valence-electron chi connectivity index (χ4n) is 3.30. The number of carboxylic acid groups (broad SMARTS) is 1. The summed E-state index contributed by atoms with van der Waals surface area (Å²) in [6.45, 7) is 3.26. The smallest absolute Gasteiger partial charge is 0.308 e. The van der Waals surface area contributed by atoms with Crippen LogP contribution in [0.2, 0.25) is 0 Å². The number of hydrogen-bond acceptors (Lipinski definition) is 3. The van der Waals surface area contributed by atoms with E-state index in [0.29, 0.717) is 18.5 Å². The number of H-pyrrole nitrogens is 1. The van der Waals surface area contributed by atoms with E-state index >= 15 is 0 Å². The zero-order valence-electron chi connectivity index (χ0n) is 12.6. The average molecular weight is 300 g/mol. The zero-order chi connectivity index (χ0) is 15.7. The molecule has 5 nitrogen and oxygen atoms in total. The number of nitrogens with one attached hydrogen (secondary N) is 1.